The van der Waals surface area contributed by atoms with E-state index in [1.807, 2.05) is 19.4 Å². The summed E-state index contributed by atoms with van der Waals surface area (Å²) in [6.45, 7) is 2.75. The second-order valence-corrected chi connectivity index (χ2v) is 5.79. The molecule has 1 fully saturated rings. The van der Waals surface area contributed by atoms with Gasteiger partial charge in [0.15, 0.2) is 0 Å². The van der Waals surface area contributed by atoms with Gasteiger partial charge in [-0.1, -0.05) is 0 Å². The summed E-state index contributed by atoms with van der Waals surface area (Å²) >= 11 is 3.47. The standard InChI is InChI=1S/C13H19BrN2O/c1-15-9-13(3-2-4-17-10-13)6-11-5-12(14)8-16-7-11/h5,7-8,15H,2-4,6,9-10H2,1H3. The van der Waals surface area contributed by atoms with Crippen LogP contribution in [0.5, 0.6) is 0 Å². The van der Waals surface area contributed by atoms with E-state index in [-0.39, 0.29) is 5.41 Å². The number of hydrogen-bond acceptors (Lipinski definition) is 3. The van der Waals surface area contributed by atoms with E-state index >= 15 is 0 Å². The number of pyridine rings is 1. The molecule has 0 aromatic carbocycles. The molecule has 1 saturated heterocycles. The highest BCUT2D eigenvalue weighted by Crippen LogP contribution is 2.32. The number of aromatic nitrogens is 1. The predicted octanol–water partition coefficient (Wildman–Crippen LogP) is 2.40. The molecule has 1 unspecified atom stereocenters. The minimum absolute atomic E-state index is 0.232. The average Bonchev–Trinajstić information content (AvgIpc) is 2.30. The van der Waals surface area contributed by atoms with Crippen LogP contribution in [0.25, 0.3) is 0 Å². The van der Waals surface area contributed by atoms with E-state index < -0.39 is 0 Å². The molecule has 0 bridgehead atoms. The van der Waals surface area contributed by atoms with Crippen LogP contribution in [-0.4, -0.2) is 31.8 Å². The van der Waals surface area contributed by atoms with Crippen molar-refractivity contribution in [3.63, 3.8) is 0 Å². The first-order chi connectivity index (χ1) is 8.24. The van der Waals surface area contributed by atoms with E-state index in [2.05, 4.69) is 32.3 Å². The van der Waals surface area contributed by atoms with Gasteiger partial charge < -0.3 is 10.1 Å². The summed E-state index contributed by atoms with van der Waals surface area (Å²) < 4.78 is 6.72. The van der Waals surface area contributed by atoms with Gasteiger partial charge in [-0.25, -0.2) is 0 Å². The zero-order valence-corrected chi connectivity index (χ0v) is 11.8. The van der Waals surface area contributed by atoms with Crippen molar-refractivity contribution in [1.29, 1.82) is 0 Å². The lowest BCUT2D eigenvalue weighted by Crippen LogP contribution is -2.41. The van der Waals surface area contributed by atoms with Gasteiger partial charge in [0.2, 0.25) is 0 Å². The molecule has 0 amide bonds. The van der Waals surface area contributed by atoms with Crippen LogP contribution in [0.1, 0.15) is 18.4 Å². The molecule has 1 N–H and O–H groups in total. The van der Waals surface area contributed by atoms with Crippen molar-refractivity contribution in [1.82, 2.24) is 10.3 Å². The molecule has 3 nitrogen and oxygen atoms in total. The van der Waals surface area contributed by atoms with Crippen LogP contribution in [0.2, 0.25) is 0 Å². The zero-order valence-electron chi connectivity index (χ0n) is 10.2. The second kappa shape index (κ2) is 5.94. The van der Waals surface area contributed by atoms with Gasteiger partial charge in [0.1, 0.15) is 0 Å². The number of halogens is 1. The summed E-state index contributed by atoms with van der Waals surface area (Å²) in [7, 11) is 2.01. The Balaban J connectivity index is 2.11. The molecule has 0 saturated carbocycles. The van der Waals surface area contributed by atoms with Crippen molar-refractivity contribution in [2.24, 2.45) is 5.41 Å². The quantitative estimate of drug-likeness (QED) is 0.927. The van der Waals surface area contributed by atoms with Crippen LogP contribution < -0.4 is 5.32 Å². The SMILES string of the molecule is CNCC1(Cc2cncc(Br)c2)CCCOC1. The molecule has 1 aliphatic heterocycles. The topological polar surface area (TPSA) is 34.2 Å². The van der Waals surface area contributed by atoms with Crippen molar-refractivity contribution in [2.75, 3.05) is 26.8 Å². The Morgan fingerprint density at radius 3 is 3.06 bits per heavy atom. The normalized spacial score (nSPS) is 24.8. The van der Waals surface area contributed by atoms with Crippen molar-refractivity contribution < 1.29 is 4.74 Å². The molecular formula is C13H19BrN2O. The molecule has 1 atom stereocenters. The van der Waals surface area contributed by atoms with Gasteiger partial charge >= 0.3 is 0 Å². The van der Waals surface area contributed by atoms with Crippen LogP contribution in [0.15, 0.2) is 22.9 Å². The third-order valence-corrected chi connectivity index (χ3v) is 3.73. The lowest BCUT2D eigenvalue weighted by atomic mass is 9.77. The zero-order chi connectivity index (χ0) is 12.1. The van der Waals surface area contributed by atoms with Gasteiger partial charge in [-0.3, -0.25) is 4.98 Å². The van der Waals surface area contributed by atoms with E-state index in [1.54, 1.807) is 0 Å². The molecule has 1 aliphatic rings. The third kappa shape index (κ3) is 3.50. The van der Waals surface area contributed by atoms with Crippen molar-refractivity contribution in [3.05, 3.63) is 28.5 Å². The fourth-order valence-corrected chi connectivity index (χ4v) is 3.02. The summed E-state index contributed by atoms with van der Waals surface area (Å²) in [5, 5.41) is 3.30. The van der Waals surface area contributed by atoms with E-state index in [0.717, 1.165) is 37.1 Å². The monoisotopic (exact) mass is 298 g/mol. The first kappa shape index (κ1) is 13.0. The maximum absolute atomic E-state index is 5.67. The molecule has 0 spiro atoms. The highest BCUT2D eigenvalue weighted by molar-refractivity contribution is 9.10. The highest BCUT2D eigenvalue weighted by Gasteiger charge is 2.32. The molecule has 94 valence electrons. The Labute approximate surface area is 111 Å². The van der Waals surface area contributed by atoms with Gasteiger partial charge in [-0.2, -0.15) is 0 Å². The number of nitrogens with one attached hydrogen (secondary N) is 1. The molecule has 1 aromatic heterocycles. The maximum Gasteiger partial charge on any atom is 0.0537 e. The summed E-state index contributed by atoms with van der Waals surface area (Å²) in [5.41, 5.74) is 1.51. The van der Waals surface area contributed by atoms with Gasteiger partial charge in [0.05, 0.1) is 6.61 Å². The summed E-state index contributed by atoms with van der Waals surface area (Å²) in [6.07, 6.45) is 7.19. The minimum atomic E-state index is 0.232. The summed E-state index contributed by atoms with van der Waals surface area (Å²) in [6, 6.07) is 2.15. The molecule has 2 heterocycles. The lowest BCUT2D eigenvalue weighted by molar-refractivity contribution is -0.00628. The lowest BCUT2D eigenvalue weighted by Gasteiger charge is -2.37. The van der Waals surface area contributed by atoms with Crippen molar-refractivity contribution in [3.8, 4) is 0 Å². The van der Waals surface area contributed by atoms with E-state index in [1.165, 1.54) is 12.0 Å². The highest BCUT2D eigenvalue weighted by atomic mass is 79.9. The number of ether oxygens (including phenoxy) is 1. The first-order valence-electron chi connectivity index (χ1n) is 6.06. The molecule has 0 radical (unpaired) electrons. The molecule has 2 rings (SSSR count). The smallest absolute Gasteiger partial charge is 0.0537 e. The van der Waals surface area contributed by atoms with Crippen LogP contribution in [0.4, 0.5) is 0 Å². The van der Waals surface area contributed by atoms with Gasteiger partial charge in [-0.15, -0.1) is 0 Å². The Morgan fingerprint density at radius 2 is 2.41 bits per heavy atom. The minimum Gasteiger partial charge on any atom is -0.381 e. The van der Waals surface area contributed by atoms with E-state index in [0.29, 0.717) is 0 Å². The molecule has 0 aliphatic carbocycles. The molecular weight excluding hydrogens is 280 g/mol. The maximum atomic E-state index is 5.67. The Bertz CT molecular complexity index is 359. The van der Waals surface area contributed by atoms with Crippen LogP contribution in [0.3, 0.4) is 0 Å². The number of rotatable bonds is 4. The first-order valence-corrected chi connectivity index (χ1v) is 6.85. The number of hydrogen-bond donors (Lipinski definition) is 1. The van der Waals surface area contributed by atoms with Crippen molar-refractivity contribution in [2.45, 2.75) is 19.3 Å². The number of nitrogens with zero attached hydrogens (tertiary/aromatic N) is 1. The Morgan fingerprint density at radius 1 is 1.53 bits per heavy atom. The molecule has 1 aromatic rings. The van der Waals surface area contributed by atoms with Gasteiger partial charge in [0.25, 0.3) is 0 Å². The summed E-state index contributed by atoms with van der Waals surface area (Å²) in [4.78, 5) is 4.23. The molecule has 4 heteroatoms. The van der Waals surface area contributed by atoms with Crippen LogP contribution >= 0.6 is 15.9 Å². The van der Waals surface area contributed by atoms with Gasteiger partial charge in [-0.05, 0) is 53.9 Å². The van der Waals surface area contributed by atoms with E-state index in [9.17, 15) is 0 Å². The largest absolute Gasteiger partial charge is 0.381 e. The summed E-state index contributed by atoms with van der Waals surface area (Å²) in [5.74, 6) is 0. The van der Waals surface area contributed by atoms with Gasteiger partial charge in [0, 0.05) is 35.4 Å². The fourth-order valence-electron chi connectivity index (χ4n) is 2.61. The van der Waals surface area contributed by atoms with Crippen LogP contribution in [-0.2, 0) is 11.2 Å². The van der Waals surface area contributed by atoms with E-state index in [4.69, 9.17) is 4.74 Å². The fraction of sp³-hybridized carbons (Fsp3) is 0.615. The van der Waals surface area contributed by atoms with Crippen LogP contribution in [0, 0.1) is 5.41 Å². The average molecular weight is 299 g/mol. The second-order valence-electron chi connectivity index (χ2n) is 4.87. The molecule has 17 heavy (non-hydrogen) atoms. The Hall–Kier alpha value is -0.450. The Kier molecular flexibility index (Phi) is 4.54. The third-order valence-electron chi connectivity index (χ3n) is 3.30. The van der Waals surface area contributed by atoms with Crippen molar-refractivity contribution >= 4 is 15.9 Å². The predicted molar refractivity (Wildman–Crippen MR) is 72.1 cm³/mol.